The van der Waals surface area contributed by atoms with E-state index in [-0.39, 0.29) is 0 Å². The summed E-state index contributed by atoms with van der Waals surface area (Å²) in [5, 5.41) is 0. The smallest absolute Gasteiger partial charge is 0.0870 e. The highest BCUT2D eigenvalue weighted by atomic mass is 32.1. The number of hydrogen-bond acceptors (Lipinski definition) is 2. The molecule has 0 atom stereocenters. The van der Waals surface area contributed by atoms with E-state index in [0.29, 0.717) is 11.0 Å². The van der Waals surface area contributed by atoms with Gasteiger partial charge in [0, 0.05) is 19.1 Å². The second-order valence-electron chi connectivity index (χ2n) is 5.81. The van der Waals surface area contributed by atoms with Crippen molar-refractivity contribution in [3.8, 4) is 0 Å². The Balaban J connectivity index is 2.11. The van der Waals surface area contributed by atoms with E-state index >= 15 is 0 Å². The van der Waals surface area contributed by atoms with Crippen LogP contribution in [0.25, 0.3) is 0 Å². The van der Waals surface area contributed by atoms with Crippen molar-refractivity contribution >= 4 is 17.2 Å². The zero-order valence-corrected chi connectivity index (χ0v) is 12.8. The molecule has 0 radical (unpaired) electrons. The van der Waals surface area contributed by atoms with Crippen LogP contribution in [0, 0.1) is 13.8 Å². The molecule has 1 aromatic rings. The number of aryl methyl sites for hydroxylation is 2. The van der Waals surface area contributed by atoms with Gasteiger partial charge in [0.15, 0.2) is 0 Å². The van der Waals surface area contributed by atoms with Gasteiger partial charge >= 0.3 is 0 Å². The molecule has 2 rings (SSSR count). The first kappa shape index (κ1) is 14.5. The summed E-state index contributed by atoms with van der Waals surface area (Å²) in [6, 6.07) is 7.42. The number of rotatable bonds is 5. The van der Waals surface area contributed by atoms with Crippen molar-refractivity contribution in [3.05, 3.63) is 34.9 Å². The van der Waals surface area contributed by atoms with Crippen LogP contribution in [0.1, 0.15) is 42.4 Å². The van der Waals surface area contributed by atoms with Gasteiger partial charge in [-0.1, -0.05) is 54.4 Å². The maximum absolute atomic E-state index is 5.76. The van der Waals surface area contributed by atoms with E-state index in [2.05, 4.69) is 36.9 Å². The Labute approximate surface area is 122 Å². The number of nitrogens with two attached hydrogens (primary N) is 1. The van der Waals surface area contributed by atoms with E-state index in [0.717, 1.165) is 13.1 Å². The third kappa shape index (κ3) is 4.29. The molecule has 0 aliphatic heterocycles. The minimum atomic E-state index is 0.608. The van der Waals surface area contributed by atoms with E-state index in [1.165, 1.54) is 42.4 Å². The number of benzene rings is 1. The quantitative estimate of drug-likeness (QED) is 0.836. The first-order chi connectivity index (χ1) is 9.04. The molecular formula is C16H24N2S. The molecule has 0 spiro atoms. The molecular weight excluding hydrogens is 252 g/mol. The maximum atomic E-state index is 5.76. The van der Waals surface area contributed by atoms with Crippen LogP contribution >= 0.6 is 12.2 Å². The zero-order valence-electron chi connectivity index (χ0n) is 12.0. The Morgan fingerprint density at radius 3 is 2.32 bits per heavy atom. The first-order valence-electron chi connectivity index (χ1n) is 7.14. The Bertz CT molecular complexity index is 430. The number of thiocarbonyl (C=S) groups is 1. The van der Waals surface area contributed by atoms with Crippen molar-refractivity contribution in [1.82, 2.24) is 4.90 Å². The van der Waals surface area contributed by atoms with E-state index in [4.69, 9.17) is 18.0 Å². The minimum Gasteiger partial charge on any atom is -0.392 e. The summed E-state index contributed by atoms with van der Waals surface area (Å²) in [4.78, 5) is 3.07. The highest BCUT2D eigenvalue weighted by Gasteiger charge is 2.23. The molecule has 0 unspecified atom stereocenters. The predicted octanol–water partition coefficient (Wildman–Crippen LogP) is 3.33. The minimum absolute atomic E-state index is 0.608. The first-order valence-corrected chi connectivity index (χ1v) is 7.55. The molecule has 0 bridgehead atoms. The lowest BCUT2D eigenvalue weighted by Gasteiger charge is -2.28. The van der Waals surface area contributed by atoms with Gasteiger partial charge in [0.25, 0.3) is 0 Å². The van der Waals surface area contributed by atoms with Crippen LogP contribution in [0.4, 0.5) is 0 Å². The van der Waals surface area contributed by atoms with Crippen LogP contribution in [0.2, 0.25) is 0 Å². The maximum Gasteiger partial charge on any atom is 0.0870 e. The fourth-order valence-corrected chi connectivity index (χ4v) is 3.34. The summed E-state index contributed by atoms with van der Waals surface area (Å²) >= 11 is 5.11. The lowest BCUT2D eigenvalue weighted by atomic mass is 10.1. The second-order valence-corrected chi connectivity index (χ2v) is 6.33. The lowest BCUT2D eigenvalue weighted by molar-refractivity contribution is 0.219. The summed E-state index contributed by atoms with van der Waals surface area (Å²) in [6.07, 6.45) is 5.25. The molecule has 2 N–H and O–H groups in total. The van der Waals surface area contributed by atoms with Crippen molar-refractivity contribution in [3.63, 3.8) is 0 Å². The average molecular weight is 276 g/mol. The molecule has 1 aromatic carbocycles. The van der Waals surface area contributed by atoms with Crippen LogP contribution in [-0.2, 0) is 6.54 Å². The molecule has 19 heavy (non-hydrogen) atoms. The average Bonchev–Trinajstić information content (AvgIpc) is 2.79. The van der Waals surface area contributed by atoms with Crippen molar-refractivity contribution in [2.45, 2.75) is 52.1 Å². The van der Waals surface area contributed by atoms with E-state index < -0.39 is 0 Å². The topological polar surface area (TPSA) is 29.3 Å². The molecule has 3 heteroatoms. The highest BCUT2D eigenvalue weighted by molar-refractivity contribution is 7.80. The van der Waals surface area contributed by atoms with Gasteiger partial charge in [-0.15, -0.1) is 0 Å². The molecule has 104 valence electrons. The molecule has 2 nitrogen and oxygen atoms in total. The summed E-state index contributed by atoms with van der Waals surface area (Å²) in [6.45, 7) is 6.02. The summed E-state index contributed by atoms with van der Waals surface area (Å²) in [7, 11) is 0. The third-order valence-electron chi connectivity index (χ3n) is 3.87. The predicted molar refractivity (Wildman–Crippen MR) is 85.4 cm³/mol. The molecule has 1 fully saturated rings. The summed E-state index contributed by atoms with van der Waals surface area (Å²) in [5.74, 6) is 0. The van der Waals surface area contributed by atoms with Gasteiger partial charge in [-0.25, -0.2) is 0 Å². The van der Waals surface area contributed by atoms with E-state index in [9.17, 15) is 0 Å². The van der Waals surface area contributed by atoms with Crippen molar-refractivity contribution in [2.75, 3.05) is 6.54 Å². The van der Waals surface area contributed by atoms with Crippen molar-refractivity contribution in [2.24, 2.45) is 5.73 Å². The van der Waals surface area contributed by atoms with Crippen LogP contribution in [0.15, 0.2) is 18.2 Å². The highest BCUT2D eigenvalue weighted by Crippen LogP contribution is 2.25. The molecule has 1 saturated carbocycles. The van der Waals surface area contributed by atoms with Gasteiger partial charge < -0.3 is 5.73 Å². The van der Waals surface area contributed by atoms with E-state index in [1.54, 1.807) is 0 Å². The molecule has 0 saturated heterocycles. The monoisotopic (exact) mass is 276 g/mol. The van der Waals surface area contributed by atoms with Gasteiger partial charge in [0.2, 0.25) is 0 Å². The third-order valence-corrected chi connectivity index (χ3v) is 4.00. The normalized spacial score (nSPS) is 16.2. The van der Waals surface area contributed by atoms with Gasteiger partial charge in [-0.05, 0) is 32.3 Å². The summed E-state index contributed by atoms with van der Waals surface area (Å²) < 4.78 is 0. The van der Waals surface area contributed by atoms with Crippen molar-refractivity contribution in [1.29, 1.82) is 0 Å². The van der Waals surface area contributed by atoms with Crippen LogP contribution in [0.5, 0.6) is 0 Å². The lowest BCUT2D eigenvalue weighted by Crippen LogP contribution is -2.38. The zero-order chi connectivity index (χ0) is 13.8. The number of nitrogens with zero attached hydrogens (tertiary/aromatic N) is 1. The Morgan fingerprint density at radius 2 is 1.79 bits per heavy atom. The molecule has 0 aromatic heterocycles. The van der Waals surface area contributed by atoms with Gasteiger partial charge in [-0.3, -0.25) is 4.90 Å². The fraction of sp³-hybridized carbons (Fsp3) is 0.562. The van der Waals surface area contributed by atoms with Crippen LogP contribution < -0.4 is 5.73 Å². The molecule has 1 aliphatic carbocycles. The van der Waals surface area contributed by atoms with Gasteiger partial charge in [0.1, 0.15) is 0 Å². The van der Waals surface area contributed by atoms with Gasteiger partial charge in [0.05, 0.1) is 4.99 Å². The van der Waals surface area contributed by atoms with Gasteiger partial charge in [-0.2, -0.15) is 0 Å². The largest absolute Gasteiger partial charge is 0.392 e. The number of hydrogen-bond donors (Lipinski definition) is 1. The second kappa shape index (κ2) is 6.49. The Hall–Kier alpha value is -0.930. The van der Waals surface area contributed by atoms with Crippen molar-refractivity contribution < 1.29 is 0 Å². The summed E-state index contributed by atoms with van der Waals surface area (Å²) in [5.41, 5.74) is 9.80. The SMILES string of the molecule is Cc1cc(C)cc(CN(CC(N)=S)C2CCCC2)c1. The molecule has 0 heterocycles. The van der Waals surface area contributed by atoms with E-state index in [1.807, 2.05) is 0 Å². The Morgan fingerprint density at radius 1 is 1.21 bits per heavy atom. The molecule has 0 amide bonds. The van der Waals surface area contributed by atoms with Crippen LogP contribution in [0.3, 0.4) is 0 Å². The molecule has 1 aliphatic rings. The van der Waals surface area contributed by atoms with Crippen LogP contribution in [-0.4, -0.2) is 22.5 Å². The Kier molecular flexibility index (Phi) is 4.94. The standard InChI is InChI=1S/C16H24N2S/c1-12-7-13(2)9-14(8-12)10-18(11-16(17)19)15-5-3-4-6-15/h7-9,15H,3-6,10-11H2,1-2H3,(H2,17,19). The fourth-order valence-electron chi connectivity index (χ4n) is 3.18.